The maximum Gasteiger partial charge on any atom is 0.303 e. The molecule has 0 aliphatic carbocycles. The molecule has 0 fully saturated rings. The molecule has 3 rings (SSSR count). The van der Waals surface area contributed by atoms with Gasteiger partial charge in [0.1, 0.15) is 0 Å². The summed E-state index contributed by atoms with van der Waals surface area (Å²) in [7, 11) is 0. The molecule has 122 valence electrons. The number of allylic oxidation sites excluding steroid dienone is 1. The summed E-state index contributed by atoms with van der Waals surface area (Å²) in [6.45, 7) is 0. The van der Waals surface area contributed by atoms with E-state index in [4.69, 9.17) is 5.11 Å². The SMILES string of the molecule is O=C(O)CCCC/C=C1\c2ccccc2NC(=O)c2ccncc21. The summed E-state index contributed by atoms with van der Waals surface area (Å²) in [6, 6.07) is 9.39. The van der Waals surface area contributed by atoms with Crippen molar-refractivity contribution < 1.29 is 14.7 Å². The van der Waals surface area contributed by atoms with Crippen LogP contribution in [0.3, 0.4) is 0 Å². The molecule has 2 heterocycles. The molecule has 5 nitrogen and oxygen atoms in total. The van der Waals surface area contributed by atoms with E-state index >= 15 is 0 Å². The Balaban J connectivity index is 1.96. The van der Waals surface area contributed by atoms with Crippen LogP contribution in [0.25, 0.3) is 5.57 Å². The second kappa shape index (κ2) is 7.08. The van der Waals surface area contributed by atoms with Crippen molar-refractivity contribution in [1.29, 1.82) is 0 Å². The molecule has 0 bridgehead atoms. The first-order chi connectivity index (χ1) is 11.7. The number of para-hydroxylation sites is 1. The number of anilines is 1. The lowest BCUT2D eigenvalue weighted by Crippen LogP contribution is -2.11. The third kappa shape index (κ3) is 3.35. The Labute approximate surface area is 140 Å². The highest BCUT2D eigenvalue weighted by Gasteiger charge is 2.22. The standard InChI is InChI=1S/C19H18N2O3/c22-18(23)9-3-1-2-6-13-14-7-4-5-8-17(14)21-19(24)15-10-11-20-12-16(13)15/h4-8,10-12H,1-3,9H2,(H,21,24)(H,22,23)/b13-6+. The summed E-state index contributed by atoms with van der Waals surface area (Å²) < 4.78 is 0. The number of hydrogen-bond acceptors (Lipinski definition) is 3. The predicted molar refractivity (Wildman–Crippen MR) is 91.8 cm³/mol. The summed E-state index contributed by atoms with van der Waals surface area (Å²) >= 11 is 0. The van der Waals surface area contributed by atoms with E-state index in [0.29, 0.717) is 12.0 Å². The van der Waals surface area contributed by atoms with E-state index in [1.54, 1.807) is 18.5 Å². The van der Waals surface area contributed by atoms with Crippen molar-refractivity contribution in [1.82, 2.24) is 4.98 Å². The number of carbonyl (C=O) groups excluding carboxylic acids is 1. The molecular weight excluding hydrogens is 304 g/mol. The molecule has 0 radical (unpaired) electrons. The number of benzene rings is 1. The van der Waals surface area contributed by atoms with Crippen LogP contribution in [-0.4, -0.2) is 22.0 Å². The van der Waals surface area contributed by atoms with Crippen LogP contribution in [0.2, 0.25) is 0 Å². The molecule has 1 aromatic heterocycles. The van der Waals surface area contributed by atoms with E-state index in [9.17, 15) is 9.59 Å². The van der Waals surface area contributed by atoms with E-state index in [1.807, 2.05) is 24.3 Å². The summed E-state index contributed by atoms with van der Waals surface area (Å²) in [5.74, 6) is -0.916. The Morgan fingerprint density at radius 1 is 1.12 bits per heavy atom. The van der Waals surface area contributed by atoms with Gasteiger partial charge in [-0.05, 0) is 37.0 Å². The number of aliphatic carboxylic acids is 1. The van der Waals surface area contributed by atoms with Crippen LogP contribution in [-0.2, 0) is 4.79 Å². The Morgan fingerprint density at radius 3 is 2.79 bits per heavy atom. The summed E-state index contributed by atoms with van der Waals surface area (Å²) in [4.78, 5) is 27.2. The van der Waals surface area contributed by atoms with Gasteiger partial charge >= 0.3 is 5.97 Å². The molecule has 0 atom stereocenters. The molecule has 0 spiro atoms. The smallest absolute Gasteiger partial charge is 0.303 e. The zero-order chi connectivity index (χ0) is 16.9. The third-order valence-corrected chi connectivity index (χ3v) is 4.01. The van der Waals surface area contributed by atoms with Gasteiger partial charge in [0.05, 0.1) is 5.56 Å². The topological polar surface area (TPSA) is 79.3 Å². The average Bonchev–Trinajstić information content (AvgIpc) is 2.70. The molecule has 0 saturated heterocycles. The quantitative estimate of drug-likeness (QED) is 0.822. The Hall–Kier alpha value is -2.95. The minimum absolute atomic E-state index is 0.144. The van der Waals surface area contributed by atoms with Gasteiger partial charge in [0.25, 0.3) is 5.91 Å². The lowest BCUT2D eigenvalue weighted by molar-refractivity contribution is -0.137. The highest BCUT2D eigenvalue weighted by molar-refractivity contribution is 6.12. The second-order valence-corrected chi connectivity index (χ2v) is 5.68. The molecule has 1 aliphatic rings. The zero-order valence-electron chi connectivity index (χ0n) is 13.2. The highest BCUT2D eigenvalue weighted by Crippen LogP contribution is 2.34. The maximum atomic E-state index is 12.4. The van der Waals surface area contributed by atoms with Crippen LogP contribution >= 0.6 is 0 Å². The van der Waals surface area contributed by atoms with Gasteiger partial charge < -0.3 is 10.4 Å². The molecule has 5 heteroatoms. The lowest BCUT2D eigenvalue weighted by atomic mass is 9.94. The second-order valence-electron chi connectivity index (χ2n) is 5.68. The van der Waals surface area contributed by atoms with Crippen LogP contribution in [0.1, 0.15) is 47.2 Å². The van der Waals surface area contributed by atoms with E-state index in [-0.39, 0.29) is 12.3 Å². The van der Waals surface area contributed by atoms with Crippen LogP contribution < -0.4 is 5.32 Å². The summed E-state index contributed by atoms with van der Waals surface area (Å²) in [5, 5.41) is 11.7. The van der Waals surface area contributed by atoms with Crippen molar-refractivity contribution in [3.05, 3.63) is 65.5 Å². The number of rotatable bonds is 5. The number of amides is 1. The first-order valence-electron chi connectivity index (χ1n) is 7.94. The number of nitrogens with zero attached hydrogens (tertiary/aromatic N) is 1. The van der Waals surface area contributed by atoms with Crippen molar-refractivity contribution >= 4 is 23.1 Å². The molecule has 2 N–H and O–H groups in total. The number of carboxylic acids is 1. The Morgan fingerprint density at radius 2 is 1.96 bits per heavy atom. The molecule has 24 heavy (non-hydrogen) atoms. The van der Waals surface area contributed by atoms with Crippen molar-refractivity contribution in [3.8, 4) is 0 Å². The number of hydrogen-bond donors (Lipinski definition) is 2. The fourth-order valence-electron chi connectivity index (χ4n) is 2.86. The van der Waals surface area contributed by atoms with Gasteiger partial charge in [-0.1, -0.05) is 24.3 Å². The van der Waals surface area contributed by atoms with Gasteiger partial charge in [-0.15, -0.1) is 0 Å². The first kappa shape index (κ1) is 15.9. The van der Waals surface area contributed by atoms with Crippen LogP contribution in [0.5, 0.6) is 0 Å². The van der Waals surface area contributed by atoms with E-state index in [0.717, 1.165) is 35.2 Å². The van der Waals surface area contributed by atoms with Gasteiger partial charge in [-0.2, -0.15) is 0 Å². The van der Waals surface area contributed by atoms with Crippen molar-refractivity contribution in [2.75, 3.05) is 5.32 Å². The number of pyridine rings is 1. The third-order valence-electron chi connectivity index (χ3n) is 4.01. The fourth-order valence-corrected chi connectivity index (χ4v) is 2.86. The van der Waals surface area contributed by atoms with Crippen LogP contribution in [0.4, 0.5) is 5.69 Å². The minimum atomic E-state index is -0.771. The normalized spacial score (nSPS) is 14.5. The Bertz CT molecular complexity index is 812. The number of unbranched alkanes of at least 4 members (excludes halogenated alkanes) is 2. The molecule has 0 unspecified atom stereocenters. The molecular formula is C19H18N2O3. The number of nitrogens with one attached hydrogen (secondary N) is 1. The number of carboxylic acid groups (broad SMARTS) is 1. The van der Waals surface area contributed by atoms with E-state index < -0.39 is 5.97 Å². The van der Waals surface area contributed by atoms with Gasteiger partial charge in [-0.25, -0.2) is 0 Å². The van der Waals surface area contributed by atoms with E-state index in [1.165, 1.54) is 0 Å². The maximum absolute atomic E-state index is 12.4. The monoisotopic (exact) mass is 322 g/mol. The zero-order valence-corrected chi connectivity index (χ0v) is 13.2. The largest absolute Gasteiger partial charge is 0.481 e. The van der Waals surface area contributed by atoms with Crippen molar-refractivity contribution in [2.45, 2.75) is 25.7 Å². The first-order valence-corrected chi connectivity index (χ1v) is 7.94. The van der Waals surface area contributed by atoms with Gasteiger partial charge in [0.2, 0.25) is 0 Å². The van der Waals surface area contributed by atoms with E-state index in [2.05, 4.69) is 16.4 Å². The molecule has 1 aromatic carbocycles. The predicted octanol–water partition coefficient (Wildman–Crippen LogP) is 3.72. The average molecular weight is 322 g/mol. The number of carbonyl (C=O) groups is 2. The number of aromatic nitrogens is 1. The molecule has 1 amide bonds. The molecule has 0 saturated carbocycles. The van der Waals surface area contributed by atoms with Crippen molar-refractivity contribution in [3.63, 3.8) is 0 Å². The number of fused-ring (bicyclic) bond motifs is 2. The summed E-state index contributed by atoms with van der Waals surface area (Å²) in [6.07, 6.45) is 7.74. The van der Waals surface area contributed by atoms with Gasteiger partial charge in [-0.3, -0.25) is 14.6 Å². The van der Waals surface area contributed by atoms with Crippen LogP contribution in [0.15, 0.2) is 48.8 Å². The lowest BCUT2D eigenvalue weighted by Gasteiger charge is -2.10. The Kier molecular flexibility index (Phi) is 4.70. The molecule has 2 aromatic rings. The summed E-state index contributed by atoms with van der Waals surface area (Å²) in [5.41, 5.74) is 4.09. The molecule has 1 aliphatic heterocycles. The van der Waals surface area contributed by atoms with Gasteiger partial charge in [0, 0.05) is 35.6 Å². The van der Waals surface area contributed by atoms with Crippen molar-refractivity contribution in [2.24, 2.45) is 0 Å². The van der Waals surface area contributed by atoms with Gasteiger partial charge in [0.15, 0.2) is 0 Å². The highest BCUT2D eigenvalue weighted by atomic mass is 16.4. The van der Waals surface area contributed by atoms with Crippen LogP contribution in [0, 0.1) is 0 Å². The minimum Gasteiger partial charge on any atom is -0.481 e. The fraction of sp³-hybridized carbons (Fsp3) is 0.211.